The minimum absolute atomic E-state index is 0.338. The lowest BCUT2D eigenvalue weighted by Crippen LogP contribution is -2.41. The maximum Gasteiger partial charge on any atom is 0.252 e. The second kappa shape index (κ2) is 7.31. The van der Waals surface area contributed by atoms with Crippen LogP contribution in [0.4, 0.5) is 0 Å². The highest BCUT2D eigenvalue weighted by molar-refractivity contribution is 8.00. The first-order chi connectivity index (χ1) is 9.97. The lowest BCUT2D eigenvalue weighted by molar-refractivity contribution is 0.0950. The van der Waals surface area contributed by atoms with Gasteiger partial charge >= 0.3 is 0 Å². The Bertz CT molecular complexity index is 593. The number of carbonyl (C=O) groups excluding carboxylic acids is 1. The van der Waals surface area contributed by atoms with Gasteiger partial charge in [-0.15, -0.1) is 0 Å². The van der Waals surface area contributed by atoms with Crippen molar-refractivity contribution in [2.75, 3.05) is 0 Å². The summed E-state index contributed by atoms with van der Waals surface area (Å²) in [5.41, 5.74) is 0.478. The number of rotatable bonds is 4. The number of hydrogen-bond acceptors (Lipinski definition) is 4. The number of carbonyl (C=O) groups is 1. The van der Waals surface area contributed by atoms with Gasteiger partial charge in [-0.05, 0) is 18.2 Å². The van der Waals surface area contributed by atoms with Gasteiger partial charge in [0, 0.05) is 18.0 Å². The van der Waals surface area contributed by atoms with E-state index < -0.39 is 9.17 Å². The van der Waals surface area contributed by atoms with Gasteiger partial charge in [0.1, 0.15) is 5.37 Å². The number of benzene rings is 1. The van der Waals surface area contributed by atoms with Gasteiger partial charge < -0.3 is 5.32 Å². The number of halogens is 3. The van der Waals surface area contributed by atoms with Crippen LogP contribution in [0.3, 0.4) is 0 Å². The Kier molecular flexibility index (Phi) is 5.70. The molecule has 4 nitrogen and oxygen atoms in total. The van der Waals surface area contributed by atoms with Crippen molar-refractivity contribution in [2.24, 2.45) is 0 Å². The van der Waals surface area contributed by atoms with E-state index in [0.717, 1.165) is 11.8 Å². The fraction of sp³-hybridized carbons (Fsp3) is 0.154. The normalized spacial score (nSPS) is 12.7. The van der Waals surface area contributed by atoms with Crippen molar-refractivity contribution in [2.45, 2.75) is 14.3 Å². The molecule has 1 aromatic carbocycles. The van der Waals surface area contributed by atoms with Crippen molar-refractivity contribution in [1.82, 2.24) is 15.3 Å². The van der Waals surface area contributed by atoms with Gasteiger partial charge in [-0.25, -0.2) is 9.97 Å². The number of aromatic nitrogens is 2. The number of amides is 1. The van der Waals surface area contributed by atoms with Gasteiger partial charge in [0.25, 0.3) is 5.91 Å². The molecule has 21 heavy (non-hydrogen) atoms. The Morgan fingerprint density at radius 3 is 2.29 bits per heavy atom. The standard InChI is InChI=1S/C13H10Cl3N3OS/c14-13(15,16)11(21-12-17-7-4-8-18-12)19-10(20)9-5-2-1-3-6-9/h1-8,11H,(H,19,20)/t11-/m0/s1. The molecule has 0 unspecified atom stereocenters. The lowest BCUT2D eigenvalue weighted by atomic mass is 10.2. The van der Waals surface area contributed by atoms with Crippen molar-refractivity contribution in [3.63, 3.8) is 0 Å². The van der Waals surface area contributed by atoms with Crippen LogP contribution >= 0.6 is 46.6 Å². The van der Waals surface area contributed by atoms with Crippen LogP contribution in [0.5, 0.6) is 0 Å². The average molecular weight is 363 g/mol. The number of nitrogens with zero attached hydrogens (tertiary/aromatic N) is 2. The van der Waals surface area contributed by atoms with Gasteiger partial charge in [0.2, 0.25) is 3.79 Å². The fourth-order valence-corrected chi connectivity index (χ4v) is 2.74. The number of thioether (sulfide) groups is 1. The molecule has 2 aromatic rings. The van der Waals surface area contributed by atoms with E-state index in [0.29, 0.717) is 10.7 Å². The van der Waals surface area contributed by atoms with E-state index >= 15 is 0 Å². The zero-order valence-electron chi connectivity index (χ0n) is 10.5. The summed E-state index contributed by atoms with van der Waals surface area (Å²) >= 11 is 18.8. The molecule has 110 valence electrons. The average Bonchev–Trinajstić information content (AvgIpc) is 2.47. The van der Waals surface area contributed by atoms with E-state index in [1.807, 2.05) is 6.07 Å². The van der Waals surface area contributed by atoms with Crippen LogP contribution in [0.25, 0.3) is 0 Å². The molecule has 0 radical (unpaired) electrons. The van der Waals surface area contributed by atoms with Crippen molar-refractivity contribution in [1.29, 1.82) is 0 Å². The summed E-state index contributed by atoms with van der Waals surface area (Å²) in [5, 5.41) is 2.25. The summed E-state index contributed by atoms with van der Waals surface area (Å²) in [4.78, 5) is 20.2. The zero-order valence-corrected chi connectivity index (χ0v) is 13.6. The summed E-state index contributed by atoms with van der Waals surface area (Å²) in [7, 11) is 0. The van der Waals surface area contributed by atoms with E-state index in [1.54, 1.807) is 42.7 Å². The fourth-order valence-electron chi connectivity index (χ4n) is 1.42. The second-order valence-corrected chi connectivity index (χ2v) is 7.35. The summed E-state index contributed by atoms with van der Waals surface area (Å²) in [6, 6.07) is 10.4. The maximum absolute atomic E-state index is 12.2. The molecule has 1 atom stereocenters. The predicted molar refractivity (Wildman–Crippen MR) is 85.9 cm³/mol. The summed E-state index contributed by atoms with van der Waals surface area (Å²) in [6.45, 7) is 0. The van der Waals surface area contributed by atoms with E-state index in [-0.39, 0.29) is 5.91 Å². The maximum atomic E-state index is 12.2. The summed E-state index contributed by atoms with van der Waals surface area (Å²) in [5.74, 6) is -0.338. The molecule has 1 aromatic heterocycles. The highest BCUT2D eigenvalue weighted by Crippen LogP contribution is 2.38. The minimum atomic E-state index is -1.70. The first kappa shape index (κ1) is 16.4. The van der Waals surface area contributed by atoms with Crippen molar-refractivity contribution < 1.29 is 4.79 Å². The number of nitrogens with one attached hydrogen (secondary N) is 1. The molecule has 0 fully saturated rings. The smallest absolute Gasteiger partial charge is 0.252 e. The van der Waals surface area contributed by atoms with Crippen LogP contribution in [0.15, 0.2) is 53.9 Å². The van der Waals surface area contributed by atoms with Crippen molar-refractivity contribution >= 4 is 52.5 Å². The van der Waals surface area contributed by atoms with Gasteiger partial charge in [-0.2, -0.15) is 0 Å². The largest absolute Gasteiger partial charge is 0.336 e. The van der Waals surface area contributed by atoms with Gasteiger partial charge in [0.15, 0.2) is 5.16 Å². The first-order valence-corrected chi connectivity index (χ1v) is 7.84. The first-order valence-electron chi connectivity index (χ1n) is 5.83. The van der Waals surface area contributed by atoms with Gasteiger partial charge in [-0.3, -0.25) is 4.79 Å². The van der Waals surface area contributed by atoms with Crippen LogP contribution in [0, 0.1) is 0 Å². The predicted octanol–water partition coefficient (Wildman–Crippen LogP) is 3.70. The third kappa shape index (κ3) is 5.04. The zero-order chi connectivity index (χ0) is 15.3. The highest BCUT2D eigenvalue weighted by atomic mass is 35.6. The van der Waals surface area contributed by atoms with E-state index in [9.17, 15) is 4.79 Å². The molecule has 1 N–H and O–H groups in total. The third-order valence-electron chi connectivity index (χ3n) is 2.36. The van der Waals surface area contributed by atoms with Crippen molar-refractivity contribution in [3.05, 3.63) is 54.4 Å². The van der Waals surface area contributed by atoms with Crippen LogP contribution in [0.2, 0.25) is 0 Å². The van der Waals surface area contributed by atoms with E-state index in [4.69, 9.17) is 34.8 Å². The van der Waals surface area contributed by atoms with E-state index in [1.165, 1.54) is 0 Å². The monoisotopic (exact) mass is 361 g/mol. The molecule has 0 saturated heterocycles. The van der Waals surface area contributed by atoms with Crippen LogP contribution in [-0.2, 0) is 0 Å². The molecule has 1 heterocycles. The van der Waals surface area contributed by atoms with Crippen molar-refractivity contribution in [3.8, 4) is 0 Å². The Hall–Kier alpha value is -1.01. The second-order valence-electron chi connectivity index (χ2n) is 3.91. The van der Waals surface area contributed by atoms with Crippen LogP contribution in [-0.4, -0.2) is 25.0 Å². The third-order valence-corrected chi connectivity index (χ3v) is 4.53. The molecule has 2 rings (SSSR count). The van der Waals surface area contributed by atoms with Gasteiger partial charge in [-0.1, -0.05) is 64.8 Å². The van der Waals surface area contributed by atoms with E-state index in [2.05, 4.69) is 15.3 Å². The highest BCUT2D eigenvalue weighted by Gasteiger charge is 2.35. The molecule has 0 aliphatic heterocycles. The molecule has 0 aliphatic rings. The summed E-state index contributed by atoms with van der Waals surface area (Å²) in [6.07, 6.45) is 3.15. The number of alkyl halides is 3. The Morgan fingerprint density at radius 1 is 1.10 bits per heavy atom. The molecule has 0 saturated carbocycles. The quantitative estimate of drug-likeness (QED) is 0.390. The number of hydrogen-bond donors (Lipinski definition) is 1. The Balaban J connectivity index is 2.12. The minimum Gasteiger partial charge on any atom is -0.336 e. The van der Waals surface area contributed by atoms with Gasteiger partial charge in [0.05, 0.1) is 0 Å². The SMILES string of the molecule is O=C(N[C@@H](Sc1ncccn1)C(Cl)(Cl)Cl)c1ccccc1. The molecular formula is C13H10Cl3N3OS. The Morgan fingerprint density at radius 2 is 1.71 bits per heavy atom. The lowest BCUT2D eigenvalue weighted by Gasteiger charge is -2.24. The molecule has 0 spiro atoms. The molecular weight excluding hydrogens is 353 g/mol. The summed E-state index contributed by atoms with van der Waals surface area (Å²) < 4.78 is -1.70. The Labute approximate surface area is 141 Å². The topological polar surface area (TPSA) is 54.9 Å². The molecule has 0 aliphatic carbocycles. The molecule has 0 bridgehead atoms. The molecule has 1 amide bonds. The van der Waals surface area contributed by atoms with Crippen LogP contribution in [0.1, 0.15) is 10.4 Å². The molecule has 8 heteroatoms. The van der Waals surface area contributed by atoms with Crippen LogP contribution < -0.4 is 5.32 Å².